The molecule has 0 aliphatic rings. The van der Waals surface area contributed by atoms with Gasteiger partial charge >= 0.3 is 0 Å². The number of aliphatic hydroxyl groups excluding tert-OH is 1. The highest BCUT2D eigenvalue weighted by molar-refractivity contribution is 5.89. The summed E-state index contributed by atoms with van der Waals surface area (Å²) in [5.74, 6) is -1.59. The fourth-order valence-corrected chi connectivity index (χ4v) is 2.25. The molecular weight excluding hydrogens is 288 g/mol. The van der Waals surface area contributed by atoms with E-state index in [-0.39, 0.29) is 6.61 Å². The predicted molar refractivity (Wildman–Crippen MR) is 79.3 cm³/mol. The third-order valence-corrected chi connectivity index (χ3v) is 3.37. The summed E-state index contributed by atoms with van der Waals surface area (Å²) in [5, 5.41) is 13.0. The Kier molecular flexibility index (Phi) is 3.93. The molecule has 1 atom stereocenters. The highest BCUT2D eigenvalue weighted by Crippen LogP contribution is 2.25. The van der Waals surface area contributed by atoms with Crippen LogP contribution in [0.1, 0.15) is 11.6 Å². The lowest BCUT2D eigenvalue weighted by atomic mass is 10.1. The summed E-state index contributed by atoms with van der Waals surface area (Å²) in [7, 11) is 0. The van der Waals surface area contributed by atoms with Gasteiger partial charge in [0.1, 0.15) is 12.1 Å². The number of fused-ring (bicyclic) bond motifs is 1. The van der Waals surface area contributed by atoms with Crippen molar-refractivity contribution in [3.63, 3.8) is 0 Å². The molecule has 0 bridgehead atoms. The zero-order valence-electron chi connectivity index (χ0n) is 11.5. The smallest absolute Gasteiger partial charge is 0.161 e. The van der Waals surface area contributed by atoms with Gasteiger partial charge in [0.25, 0.3) is 0 Å². The van der Waals surface area contributed by atoms with Gasteiger partial charge in [-0.2, -0.15) is 0 Å². The van der Waals surface area contributed by atoms with Crippen LogP contribution in [0, 0.1) is 11.6 Å². The highest BCUT2D eigenvalue weighted by atomic mass is 19.2. The van der Waals surface area contributed by atoms with Crippen molar-refractivity contribution in [2.75, 3.05) is 11.9 Å². The van der Waals surface area contributed by atoms with E-state index >= 15 is 0 Å². The van der Waals surface area contributed by atoms with Crippen LogP contribution in [-0.2, 0) is 0 Å². The van der Waals surface area contributed by atoms with Crippen molar-refractivity contribution in [2.24, 2.45) is 0 Å². The Bertz CT molecular complexity index is 796. The number of hydrogen-bond donors (Lipinski definition) is 2. The molecule has 2 aromatic carbocycles. The number of aliphatic hydroxyl groups is 1. The fourth-order valence-electron chi connectivity index (χ4n) is 2.25. The number of anilines is 1. The molecule has 2 N–H and O–H groups in total. The zero-order valence-corrected chi connectivity index (χ0v) is 11.5. The predicted octanol–water partition coefficient (Wildman–Crippen LogP) is 3.05. The van der Waals surface area contributed by atoms with E-state index in [1.807, 2.05) is 30.3 Å². The first-order valence-corrected chi connectivity index (χ1v) is 6.71. The largest absolute Gasteiger partial charge is 0.394 e. The number of rotatable bonds is 4. The molecule has 1 heterocycles. The van der Waals surface area contributed by atoms with Gasteiger partial charge in [0.15, 0.2) is 11.6 Å². The number of halogens is 2. The topological polar surface area (TPSA) is 58.0 Å². The van der Waals surface area contributed by atoms with E-state index in [0.29, 0.717) is 16.7 Å². The Morgan fingerprint density at radius 2 is 1.77 bits per heavy atom. The molecule has 3 aromatic rings. The second-order valence-electron chi connectivity index (χ2n) is 4.80. The highest BCUT2D eigenvalue weighted by Gasteiger charge is 2.14. The van der Waals surface area contributed by atoms with Crippen molar-refractivity contribution < 1.29 is 13.9 Å². The molecule has 0 spiro atoms. The minimum Gasteiger partial charge on any atom is -0.394 e. The fraction of sp³-hybridized carbons (Fsp3) is 0.125. The number of hydrogen-bond acceptors (Lipinski definition) is 4. The third kappa shape index (κ3) is 2.73. The molecule has 4 nitrogen and oxygen atoms in total. The van der Waals surface area contributed by atoms with Gasteiger partial charge in [0.05, 0.1) is 18.2 Å². The van der Waals surface area contributed by atoms with Crippen molar-refractivity contribution in [2.45, 2.75) is 6.04 Å². The lowest BCUT2D eigenvalue weighted by molar-refractivity contribution is 0.276. The zero-order chi connectivity index (χ0) is 15.5. The Morgan fingerprint density at radius 1 is 1.05 bits per heavy atom. The van der Waals surface area contributed by atoms with Crippen molar-refractivity contribution in [1.29, 1.82) is 0 Å². The van der Waals surface area contributed by atoms with Crippen molar-refractivity contribution in [1.82, 2.24) is 9.97 Å². The van der Waals surface area contributed by atoms with Crippen LogP contribution < -0.4 is 5.32 Å². The molecule has 0 saturated heterocycles. The van der Waals surface area contributed by atoms with Crippen LogP contribution in [0.2, 0.25) is 0 Å². The van der Waals surface area contributed by atoms with E-state index in [1.54, 1.807) is 0 Å². The Morgan fingerprint density at radius 3 is 2.50 bits per heavy atom. The maximum atomic E-state index is 13.5. The van der Waals surface area contributed by atoms with Gasteiger partial charge in [-0.1, -0.05) is 30.3 Å². The molecule has 22 heavy (non-hydrogen) atoms. The van der Waals surface area contributed by atoms with Crippen LogP contribution in [0.15, 0.2) is 48.8 Å². The van der Waals surface area contributed by atoms with E-state index in [4.69, 9.17) is 0 Å². The lowest BCUT2D eigenvalue weighted by Crippen LogP contribution is -2.16. The van der Waals surface area contributed by atoms with Crippen LogP contribution in [0.5, 0.6) is 0 Å². The van der Waals surface area contributed by atoms with Gasteiger partial charge in [0.2, 0.25) is 0 Å². The van der Waals surface area contributed by atoms with E-state index in [1.165, 1.54) is 6.33 Å². The molecule has 0 radical (unpaired) electrons. The molecule has 1 aromatic heterocycles. The molecule has 1 unspecified atom stereocenters. The second kappa shape index (κ2) is 6.03. The molecule has 3 rings (SSSR count). The van der Waals surface area contributed by atoms with Gasteiger partial charge in [-0.15, -0.1) is 0 Å². The van der Waals surface area contributed by atoms with E-state index < -0.39 is 17.7 Å². The second-order valence-corrected chi connectivity index (χ2v) is 4.80. The number of nitrogens with one attached hydrogen (secondary N) is 1. The van der Waals surface area contributed by atoms with Gasteiger partial charge < -0.3 is 10.4 Å². The summed E-state index contributed by atoms with van der Waals surface area (Å²) < 4.78 is 26.7. The minimum absolute atomic E-state index is 0.167. The molecular formula is C16H13F2N3O. The van der Waals surface area contributed by atoms with Gasteiger partial charge in [0, 0.05) is 11.5 Å². The van der Waals surface area contributed by atoms with E-state index in [9.17, 15) is 13.9 Å². The first-order valence-electron chi connectivity index (χ1n) is 6.71. The molecule has 0 amide bonds. The number of benzene rings is 2. The maximum Gasteiger partial charge on any atom is 0.161 e. The quantitative estimate of drug-likeness (QED) is 0.777. The number of aromatic nitrogens is 2. The summed E-state index contributed by atoms with van der Waals surface area (Å²) in [6.45, 7) is -0.167. The van der Waals surface area contributed by atoms with Crippen molar-refractivity contribution >= 4 is 16.7 Å². The van der Waals surface area contributed by atoms with Gasteiger partial charge in [-0.25, -0.2) is 18.7 Å². The third-order valence-electron chi connectivity index (χ3n) is 3.37. The summed E-state index contributed by atoms with van der Waals surface area (Å²) in [5.41, 5.74) is 1.15. The normalized spacial score (nSPS) is 12.3. The summed E-state index contributed by atoms with van der Waals surface area (Å²) in [4.78, 5) is 8.00. The molecule has 6 heteroatoms. The Balaban J connectivity index is 2.01. The first-order chi connectivity index (χ1) is 10.7. The Hall–Kier alpha value is -2.60. The average Bonchev–Trinajstić information content (AvgIpc) is 2.55. The van der Waals surface area contributed by atoms with Crippen LogP contribution in [-0.4, -0.2) is 21.7 Å². The summed E-state index contributed by atoms with van der Waals surface area (Å²) >= 11 is 0. The maximum absolute atomic E-state index is 13.5. The molecule has 112 valence electrons. The van der Waals surface area contributed by atoms with Crippen LogP contribution in [0.3, 0.4) is 0 Å². The van der Waals surface area contributed by atoms with E-state index in [2.05, 4.69) is 15.3 Å². The minimum atomic E-state index is -0.967. The molecule has 0 aliphatic carbocycles. The van der Waals surface area contributed by atoms with Gasteiger partial charge in [-0.3, -0.25) is 0 Å². The monoisotopic (exact) mass is 301 g/mol. The lowest BCUT2D eigenvalue weighted by Gasteiger charge is -2.18. The summed E-state index contributed by atoms with van der Waals surface area (Å²) in [6.07, 6.45) is 1.27. The SMILES string of the molecule is OCC(Nc1ncnc2cc(F)c(F)cc12)c1ccccc1. The summed E-state index contributed by atoms with van der Waals surface area (Å²) in [6, 6.07) is 11.0. The van der Waals surface area contributed by atoms with Crippen molar-refractivity contribution in [3.05, 3.63) is 66.0 Å². The van der Waals surface area contributed by atoms with E-state index in [0.717, 1.165) is 17.7 Å². The first kappa shape index (κ1) is 14.3. The van der Waals surface area contributed by atoms with Crippen LogP contribution >= 0.6 is 0 Å². The standard InChI is InChI=1S/C16H13F2N3O/c17-12-6-11-14(7-13(12)18)19-9-20-16(11)21-15(8-22)10-4-2-1-3-5-10/h1-7,9,15,22H,8H2,(H,19,20,21). The average molecular weight is 301 g/mol. The Labute approximate surface area is 125 Å². The van der Waals surface area contributed by atoms with Crippen LogP contribution in [0.4, 0.5) is 14.6 Å². The molecule has 0 fully saturated rings. The number of nitrogens with zero attached hydrogens (tertiary/aromatic N) is 2. The van der Waals surface area contributed by atoms with Gasteiger partial charge in [-0.05, 0) is 11.6 Å². The molecule has 0 saturated carbocycles. The van der Waals surface area contributed by atoms with Crippen molar-refractivity contribution in [3.8, 4) is 0 Å². The molecule has 0 aliphatic heterocycles. The van der Waals surface area contributed by atoms with Crippen LogP contribution in [0.25, 0.3) is 10.9 Å².